The number of nitrogens with two attached hydrogens (primary N) is 1. The summed E-state index contributed by atoms with van der Waals surface area (Å²) in [6, 6.07) is 8.24. The summed E-state index contributed by atoms with van der Waals surface area (Å²) >= 11 is 0. The van der Waals surface area contributed by atoms with Gasteiger partial charge in [0.2, 0.25) is 0 Å². The standard InChI is InChI=1S/C12H19NO2/c1-12(2,9-14-3)11-6-4-10(5-7-11)8-15-13/h4-7H,8-9,13H2,1-3H3. The number of methoxy groups -OCH3 is 1. The summed E-state index contributed by atoms with van der Waals surface area (Å²) in [5.41, 5.74) is 2.37. The van der Waals surface area contributed by atoms with Crippen molar-refractivity contribution in [2.45, 2.75) is 25.9 Å². The van der Waals surface area contributed by atoms with E-state index >= 15 is 0 Å². The largest absolute Gasteiger partial charge is 0.384 e. The molecule has 0 heterocycles. The van der Waals surface area contributed by atoms with E-state index in [1.807, 2.05) is 12.1 Å². The Bertz CT molecular complexity index is 293. The van der Waals surface area contributed by atoms with Crippen LogP contribution in [0.15, 0.2) is 24.3 Å². The molecular weight excluding hydrogens is 190 g/mol. The van der Waals surface area contributed by atoms with Crippen LogP contribution in [0, 0.1) is 0 Å². The van der Waals surface area contributed by atoms with Crippen LogP contribution in [0.4, 0.5) is 0 Å². The quantitative estimate of drug-likeness (QED) is 0.754. The van der Waals surface area contributed by atoms with E-state index in [4.69, 9.17) is 10.6 Å². The molecule has 0 atom stereocenters. The first-order valence-corrected chi connectivity index (χ1v) is 5.00. The number of hydrogen-bond acceptors (Lipinski definition) is 3. The zero-order chi connectivity index (χ0) is 11.3. The zero-order valence-corrected chi connectivity index (χ0v) is 9.62. The highest BCUT2D eigenvalue weighted by atomic mass is 16.6. The van der Waals surface area contributed by atoms with Crippen molar-refractivity contribution in [1.82, 2.24) is 0 Å². The fourth-order valence-electron chi connectivity index (χ4n) is 1.59. The van der Waals surface area contributed by atoms with Crippen LogP contribution in [0.25, 0.3) is 0 Å². The van der Waals surface area contributed by atoms with Gasteiger partial charge in [0, 0.05) is 12.5 Å². The van der Waals surface area contributed by atoms with Gasteiger partial charge in [0.05, 0.1) is 13.2 Å². The lowest BCUT2D eigenvalue weighted by atomic mass is 9.85. The Morgan fingerprint density at radius 2 is 1.80 bits per heavy atom. The van der Waals surface area contributed by atoms with Gasteiger partial charge in [0.1, 0.15) is 0 Å². The summed E-state index contributed by atoms with van der Waals surface area (Å²) in [5, 5.41) is 0. The highest BCUT2D eigenvalue weighted by Gasteiger charge is 2.19. The predicted octanol–water partition coefficient (Wildman–Crippen LogP) is 2.00. The fourth-order valence-corrected chi connectivity index (χ4v) is 1.59. The minimum atomic E-state index is 0.0385. The highest BCUT2D eigenvalue weighted by Crippen LogP contribution is 2.23. The molecule has 0 radical (unpaired) electrons. The molecule has 0 spiro atoms. The molecule has 0 amide bonds. The summed E-state index contributed by atoms with van der Waals surface area (Å²) in [6.07, 6.45) is 0. The van der Waals surface area contributed by atoms with Crippen LogP contribution in [0.2, 0.25) is 0 Å². The Balaban J connectivity index is 2.78. The van der Waals surface area contributed by atoms with Crippen LogP contribution in [-0.2, 0) is 21.6 Å². The van der Waals surface area contributed by atoms with Crippen LogP contribution in [0.3, 0.4) is 0 Å². The molecule has 3 nitrogen and oxygen atoms in total. The minimum absolute atomic E-state index is 0.0385. The summed E-state index contributed by atoms with van der Waals surface area (Å²) in [5.74, 6) is 5.01. The van der Waals surface area contributed by atoms with Gasteiger partial charge in [-0.05, 0) is 11.1 Å². The summed E-state index contributed by atoms with van der Waals surface area (Å²) in [6.45, 7) is 5.47. The molecule has 0 unspecified atom stereocenters. The lowest BCUT2D eigenvalue weighted by Crippen LogP contribution is -2.23. The van der Waals surface area contributed by atoms with E-state index in [0.717, 1.165) is 5.56 Å². The summed E-state index contributed by atoms with van der Waals surface area (Å²) < 4.78 is 5.19. The second-order valence-corrected chi connectivity index (χ2v) is 4.32. The number of ether oxygens (including phenoxy) is 1. The van der Waals surface area contributed by atoms with Gasteiger partial charge in [-0.15, -0.1) is 0 Å². The molecule has 1 aromatic rings. The van der Waals surface area contributed by atoms with Crippen LogP contribution < -0.4 is 5.90 Å². The smallest absolute Gasteiger partial charge is 0.0930 e. The lowest BCUT2D eigenvalue weighted by Gasteiger charge is -2.24. The maximum atomic E-state index is 5.19. The molecule has 0 saturated heterocycles. The van der Waals surface area contributed by atoms with Gasteiger partial charge in [-0.3, -0.25) is 4.84 Å². The van der Waals surface area contributed by atoms with Gasteiger partial charge in [-0.25, -0.2) is 5.90 Å². The van der Waals surface area contributed by atoms with E-state index in [9.17, 15) is 0 Å². The van der Waals surface area contributed by atoms with E-state index in [-0.39, 0.29) is 5.41 Å². The topological polar surface area (TPSA) is 44.5 Å². The first-order valence-electron chi connectivity index (χ1n) is 5.00. The molecule has 0 fully saturated rings. The summed E-state index contributed by atoms with van der Waals surface area (Å²) in [7, 11) is 1.72. The fraction of sp³-hybridized carbons (Fsp3) is 0.500. The maximum Gasteiger partial charge on any atom is 0.0930 e. The zero-order valence-electron chi connectivity index (χ0n) is 9.62. The van der Waals surface area contributed by atoms with Gasteiger partial charge in [-0.1, -0.05) is 38.1 Å². The van der Waals surface area contributed by atoms with E-state index in [1.165, 1.54) is 5.56 Å². The second-order valence-electron chi connectivity index (χ2n) is 4.32. The molecule has 84 valence electrons. The number of benzene rings is 1. The molecule has 0 bridgehead atoms. The van der Waals surface area contributed by atoms with Crippen LogP contribution in [0.5, 0.6) is 0 Å². The molecule has 1 rings (SSSR count). The second kappa shape index (κ2) is 5.26. The van der Waals surface area contributed by atoms with E-state index < -0.39 is 0 Å². The van der Waals surface area contributed by atoms with Crippen LogP contribution >= 0.6 is 0 Å². The molecule has 0 aliphatic heterocycles. The van der Waals surface area contributed by atoms with Crippen molar-refractivity contribution in [3.05, 3.63) is 35.4 Å². The third-order valence-electron chi connectivity index (χ3n) is 2.49. The van der Waals surface area contributed by atoms with Crippen molar-refractivity contribution in [2.24, 2.45) is 5.90 Å². The molecular formula is C12H19NO2. The Morgan fingerprint density at radius 3 is 2.27 bits per heavy atom. The van der Waals surface area contributed by atoms with Crippen LogP contribution in [0.1, 0.15) is 25.0 Å². The molecule has 3 heteroatoms. The maximum absolute atomic E-state index is 5.19. The van der Waals surface area contributed by atoms with Gasteiger partial charge in [0.25, 0.3) is 0 Å². The first kappa shape index (κ1) is 12.2. The first-order chi connectivity index (χ1) is 7.10. The Kier molecular flexibility index (Phi) is 4.27. The number of rotatable bonds is 5. The molecule has 15 heavy (non-hydrogen) atoms. The monoisotopic (exact) mass is 209 g/mol. The Morgan fingerprint density at radius 1 is 1.20 bits per heavy atom. The minimum Gasteiger partial charge on any atom is -0.384 e. The third kappa shape index (κ3) is 3.30. The van der Waals surface area contributed by atoms with Crippen molar-refractivity contribution < 1.29 is 9.57 Å². The molecule has 0 aliphatic rings. The van der Waals surface area contributed by atoms with E-state index in [2.05, 4.69) is 30.8 Å². The van der Waals surface area contributed by atoms with Crippen molar-refractivity contribution in [3.63, 3.8) is 0 Å². The molecule has 0 saturated carbocycles. The highest BCUT2D eigenvalue weighted by molar-refractivity contribution is 5.27. The number of hydrogen-bond donors (Lipinski definition) is 1. The van der Waals surface area contributed by atoms with Gasteiger partial charge < -0.3 is 4.74 Å². The lowest BCUT2D eigenvalue weighted by molar-refractivity contribution is 0.124. The van der Waals surface area contributed by atoms with Crippen molar-refractivity contribution in [1.29, 1.82) is 0 Å². The normalized spacial score (nSPS) is 11.7. The average Bonchev–Trinajstić information content (AvgIpc) is 2.19. The van der Waals surface area contributed by atoms with Gasteiger partial charge in [0.15, 0.2) is 0 Å². The molecule has 2 N–H and O–H groups in total. The Hall–Kier alpha value is -0.900. The molecule has 1 aromatic carbocycles. The van der Waals surface area contributed by atoms with Crippen molar-refractivity contribution >= 4 is 0 Å². The van der Waals surface area contributed by atoms with Crippen molar-refractivity contribution in [2.75, 3.05) is 13.7 Å². The van der Waals surface area contributed by atoms with E-state index in [1.54, 1.807) is 7.11 Å². The van der Waals surface area contributed by atoms with Gasteiger partial charge >= 0.3 is 0 Å². The Labute approximate surface area is 91.1 Å². The van der Waals surface area contributed by atoms with Crippen LogP contribution in [-0.4, -0.2) is 13.7 Å². The molecule has 0 aliphatic carbocycles. The third-order valence-corrected chi connectivity index (χ3v) is 2.49. The average molecular weight is 209 g/mol. The predicted molar refractivity (Wildman–Crippen MR) is 60.3 cm³/mol. The van der Waals surface area contributed by atoms with E-state index in [0.29, 0.717) is 13.2 Å². The summed E-state index contributed by atoms with van der Waals surface area (Å²) in [4.78, 5) is 4.58. The molecule has 0 aromatic heterocycles. The van der Waals surface area contributed by atoms with Crippen molar-refractivity contribution in [3.8, 4) is 0 Å². The SMILES string of the molecule is COCC(C)(C)c1ccc(CON)cc1. The van der Waals surface area contributed by atoms with Gasteiger partial charge in [-0.2, -0.15) is 0 Å².